The number of nitrogens with two attached hydrogens (primary N) is 1. The molecule has 2 nitrogen and oxygen atoms in total. The Hall–Kier alpha value is -1.64. The van der Waals surface area contributed by atoms with Crippen molar-refractivity contribution in [1.29, 1.82) is 0 Å². The van der Waals surface area contributed by atoms with Gasteiger partial charge in [-0.25, -0.2) is 9.37 Å². The Balaban J connectivity index is 2.92. The first kappa shape index (κ1) is 7.98. The van der Waals surface area contributed by atoms with Crippen molar-refractivity contribution in [3.8, 4) is 0 Å². The number of nitrogen functional groups attached to an aromatic ring is 1. The Morgan fingerprint density at radius 2 is 2.08 bits per heavy atom. The van der Waals surface area contributed by atoms with E-state index in [1.54, 1.807) is 12.3 Å². The number of fused-ring (bicyclic) bond motifs is 1. The summed E-state index contributed by atoms with van der Waals surface area (Å²) in [7, 11) is 0. The smallest absolute Gasteiger partial charge is 0.131 e. The van der Waals surface area contributed by atoms with Gasteiger partial charge in [0.25, 0.3) is 0 Å². The summed E-state index contributed by atoms with van der Waals surface area (Å²) in [5.41, 5.74) is 6.58. The van der Waals surface area contributed by atoms with Gasteiger partial charge in [-0.3, -0.25) is 0 Å². The topological polar surface area (TPSA) is 38.9 Å². The molecular weight excluding hydrogens is 167 g/mol. The SMILES string of the molecule is Cc1cnc(N)c2ccc(F)cc12. The summed E-state index contributed by atoms with van der Waals surface area (Å²) >= 11 is 0. The molecule has 2 rings (SSSR count). The zero-order valence-corrected chi connectivity index (χ0v) is 7.21. The fraction of sp³-hybridized carbons (Fsp3) is 0.100. The van der Waals surface area contributed by atoms with Crippen LogP contribution < -0.4 is 5.73 Å². The minimum atomic E-state index is -0.249. The van der Waals surface area contributed by atoms with Gasteiger partial charge in [0.15, 0.2) is 0 Å². The lowest BCUT2D eigenvalue weighted by molar-refractivity contribution is 0.629. The summed E-state index contributed by atoms with van der Waals surface area (Å²) in [4.78, 5) is 3.99. The molecule has 0 aliphatic rings. The molecule has 0 radical (unpaired) electrons. The summed E-state index contributed by atoms with van der Waals surface area (Å²) < 4.78 is 12.9. The van der Waals surface area contributed by atoms with Crippen LogP contribution in [0.1, 0.15) is 5.56 Å². The molecule has 2 aromatic rings. The van der Waals surface area contributed by atoms with E-state index in [1.165, 1.54) is 12.1 Å². The van der Waals surface area contributed by atoms with Crippen molar-refractivity contribution >= 4 is 16.6 Å². The molecule has 0 unspecified atom stereocenters. The second-order valence-electron chi connectivity index (χ2n) is 3.02. The van der Waals surface area contributed by atoms with Crippen molar-refractivity contribution in [1.82, 2.24) is 4.98 Å². The zero-order valence-electron chi connectivity index (χ0n) is 7.21. The summed E-state index contributed by atoms with van der Waals surface area (Å²) in [6, 6.07) is 4.52. The standard InChI is InChI=1S/C10H9FN2/c1-6-5-13-10(12)8-3-2-7(11)4-9(6)8/h2-5H,1H3,(H2,12,13). The van der Waals surface area contributed by atoms with Gasteiger partial charge in [0.1, 0.15) is 11.6 Å². The molecule has 13 heavy (non-hydrogen) atoms. The number of rotatable bonds is 0. The van der Waals surface area contributed by atoms with Gasteiger partial charge in [0, 0.05) is 11.6 Å². The van der Waals surface area contributed by atoms with Gasteiger partial charge in [0.05, 0.1) is 0 Å². The van der Waals surface area contributed by atoms with Crippen LogP contribution in [0.5, 0.6) is 0 Å². The molecule has 0 saturated heterocycles. The summed E-state index contributed by atoms with van der Waals surface area (Å²) in [5.74, 6) is 0.196. The maximum absolute atomic E-state index is 12.9. The molecule has 0 amide bonds. The number of hydrogen-bond donors (Lipinski definition) is 1. The van der Waals surface area contributed by atoms with Crippen LogP contribution in [-0.4, -0.2) is 4.98 Å². The van der Waals surface area contributed by atoms with Gasteiger partial charge in [-0.05, 0) is 36.1 Å². The van der Waals surface area contributed by atoms with Crippen molar-refractivity contribution in [3.63, 3.8) is 0 Å². The number of aromatic nitrogens is 1. The normalized spacial score (nSPS) is 10.6. The van der Waals surface area contributed by atoms with Crippen molar-refractivity contribution < 1.29 is 4.39 Å². The van der Waals surface area contributed by atoms with Crippen molar-refractivity contribution in [3.05, 3.63) is 35.8 Å². The van der Waals surface area contributed by atoms with E-state index >= 15 is 0 Å². The van der Waals surface area contributed by atoms with Gasteiger partial charge in [-0.2, -0.15) is 0 Å². The molecule has 0 atom stereocenters. The Kier molecular flexibility index (Phi) is 1.65. The van der Waals surface area contributed by atoms with E-state index in [0.717, 1.165) is 16.3 Å². The van der Waals surface area contributed by atoms with E-state index in [0.29, 0.717) is 5.82 Å². The highest BCUT2D eigenvalue weighted by Crippen LogP contribution is 2.22. The Morgan fingerprint density at radius 3 is 2.85 bits per heavy atom. The van der Waals surface area contributed by atoms with Crippen molar-refractivity contribution in [2.24, 2.45) is 0 Å². The van der Waals surface area contributed by atoms with Gasteiger partial charge >= 0.3 is 0 Å². The van der Waals surface area contributed by atoms with E-state index < -0.39 is 0 Å². The van der Waals surface area contributed by atoms with Gasteiger partial charge in [0.2, 0.25) is 0 Å². The molecule has 0 bridgehead atoms. The number of pyridine rings is 1. The van der Waals surface area contributed by atoms with Crippen LogP contribution in [0, 0.1) is 12.7 Å². The Bertz CT molecular complexity index is 466. The maximum atomic E-state index is 12.9. The number of halogens is 1. The molecule has 0 saturated carbocycles. The summed E-state index contributed by atoms with van der Waals surface area (Å²) in [5, 5.41) is 1.63. The first-order valence-corrected chi connectivity index (χ1v) is 3.99. The van der Waals surface area contributed by atoms with Crippen LogP contribution in [0.4, 0.5) is 10.2 Å². The Morgan fingerprint density at radius 1 is 1.31 bits per heavy atom. The fourth-order valence-electron chi connectivity index (χ4n) is 1.37. The molecular formula is C10H9FN2. The number of anilines is 1. The molecule has 0 fully saturated rings. The van der Waals surface area contributed by atoms with Gasteiger partial charge in [-0.1, -0.05) is 0 Å². The van der Waals surface area contributed by atoms with Gasteiger partial charge in [-0.15, -0.1) is 0 Å². The number of benzene rings is 1. The van der Waals surface area contributed by atoms with Gasteiger partial charge < -0.3 is 5.73 Å². The molecule has 1 heterocycles. The van der Waals surface area contributed by atoms with E-state index in [2.05, 4.69) is 4.98 Å². The minimum Gasteiger partial charge on any atom is -0.383 e. The quantitative estimate of drug-likeness (QED) is 0.668. The van der Waals surface area contributed by atoms with E-state index in [1.807, 2.05) is 6.92 Å². The predicted molar refractivity (Wildman–Crippen MR) is 50.9 cm³/mol. The minimum absolute atomic E-state index is 0.249. The molecule has 3 heteroatoms. The van der Waals surface area contributed by atoms with Crippen LogP contribution >= 0.6 is 0 Å². The first-order valence-electron chi connectivity index (χ1n) is 3.99. The van der Waals surface area contributed by atoms with Crippen molar-refractivity contribution in [2.75, 3.05) is 5.73 Å². The molecule has 1 aromatic heterocycles. The zero-order chi connectivity index (χ0) is 9.42. The largest absolute Gasteiger partial charge is 0.383 e. The third kappa shape index (κ3) is 1.22. The Labute approximate surface area is 75.2 Å². The molecule has 2 N–H and O–H groups in total. The second-order valence-corrected chi connectivity index (χ2v) is 3.02. The maximum Gasteiger partial charge on any atom is 0.131 e. The molecule has 66 valence electrons. The third-order valence-corrected chi connectivity index (χ3v) is 2.08. The average molecular weight is 176 g/mol. The van der Waals surface area contributed by atoms with Crippen LogP contribution in [0.25, 0.3) is 10.8 Å². The van der Waals surface area contributed by atoms with Crippen LogP contribution in [0.15, 0.2) is 24.4 Å². The number of aryl methyl sites for hydroxylation is 1. The fourth-order valence-corrected chi connectivity index (χ4v) is 1.37. The lowest BCUT2D eigenvalue weighted by Crippen LogP contribution is -1.93. The lowest BCUT2D eigenvalue weighted by atomic mass is 10.1. The average Bonchev–Trinajstić information content (AvgIpc) is 2.12. The molecule has 0 spiro atoms. The lowest BCUT2D eigenvalue weighted by Gasteiger charge is -2.03. The molecule has 0 aliphatic carbocycles. The summed E-state index contributed by atoms with van der Waals surface area (Å²) in [6.45, 7) is 1.88. The van der Waals surface area contributed by atoms with E-state index in [4.69, 9.17) is 5.73 Å². The van der Waals surface area contributed by atoms with E-state index in [-0.39, 0.29) is 5.82 Å². The predicted octanol–water partition coefficient (Wildman–Crippen LogP) is 2.26. The number of nitrogens with zero attached hydrogens (tertiary/aromatic N) is 1. The highest BCUT2D eigenvalue weighted by Gasteiger charge is 2.02. The highest BCUT2D eigenvalue weighted by molar-refractivity contribution is 5.92. The van der Waals surface area contributed by atoms with Crippen LogP contribution in [0.3, 0.4) is 0 Å². The number of hydrogen-bond acceptors (Lipinski definition) is 2. The highest BCUT2D eigenvalue weighted by atomic mass is 19.1. The van der Waals surface area contributed by atoms with Crippen molar-refractivity contribution in [2.45, 2.75) is 6.92 Å². The first-order chi connectivity index (χ1) is 6.18. The van der Waals surface area contributed by atoms with Crippen LogP contribution in [0.2, 0.25) is 0 Å². The summed E-state index contributed by atoms with van der Waals surface area (Å²) in [6.07, 6.45) is 1.65. The monoisotopic (exact) mass is 176 g/mol. The van der Waals surface area contributed by atoms with Crippen LogP contribution in [-0.2, 0) is 0 Å². The molecule has 0 aliphatic heterocycles. The second kappa shape index (κ2) is 2.69. The molecule has 1 aromatic carbocycles. The van der Waals surface area contributed by atoms with E-state index in [9.17, 15) is 4.39 Å². The third-order valence-electron chi connectivity index (χ3n) is 2.08.